The van der Waals surface area contributed by atoms with Crippen LogP contribution in [0.3, 0.4) is 0 Å². The molecule has 0 atom stereocenters. The van der Waals surface area contributed by atoms with Gasteiger partial charge in [-0.3, -0.25) is 9.59 Å². The highest BCUT2D eigenvalue weighted by atomic mass is 79.9. The van der Waals surface area contributed by atoms with Crippen LogP contribution in [0, 0.1) is 20.8 Å². The average Bonchev–Trinajstić information content (AvgIpc) is 2.56. The van der Waals surface area contributed by atoms with Crippen LogP contribution in [0.15, 0.2) is 39.7 Å². The molecule has 25 heavy (non-hydrogen) atoms. The first-order valence-electron chi connectivity index (χ1n) is 7.84. The number of anilines is 1. The second kappa shape index (κ2) is 8.54. The van der Waals surface area contributed by atoms with Gasteiger partial charge in [0.25, 0.3) is 5.91 Å². The smallest absolute Gasteiger partial charge is 0.253 e. The Kier molecular flexibility index (Phi) is 6.67. The summed E-state index contributed by atoms with van der Waals surface area (Å²) in [5, 5.41) is 5.47. The summed E-state index contributed by atoms with van der Waals surface area (Å²) in [5.74, 6) is -0.0654. The van der Waals surface area contributed by atoms with Gasteiger partial charge in [0.1, 0.15) is 0 Å². The fraction of sp³-hybridized carbons (Fsp3) is 0.263. The molecule has 0 heterocycles. The van der Waals surface area contributed by atoms with Gasteiger partial charge in [-0.1, -0.05) is 28.1 Å². The number of nitrogens with one attached hydrogen (secondary N) is 2. The van der Waals surface area contributed by atoms with Gasteiger partial charge in [-0.05, 0) is 55.7 Å². The lowest BCUT2D eigenvalue weighted by Crippen LogP contribution is -2.23. The van der Waals surface area contributed by atoms with Gasteiger partial charge in [0.15, 0.2) is 0 Å². The van der Waals surface area contributed by atoms with E-state index in [9.17, 15) is 9.59 Å². The molecule has 0 radical (unpaired) electrons. The molecule has 0 fully saturated rings. The molecule has 0 aliphatic heterocycles. The third kappa shape index (κ3) is 4.86. The van der Waals surface area contributed by atoms with Crippen LogP contribution in [0.5, 0.6) is 0 Å². The molecule has 0 saturated carbocycles. The lowest BCUT2D eigenvalue weighted by atomic mass is 10.1. The van der Waals surface area contributed by atoms with E-state index in [1.165, 1.54) is 11.8 Å². The Balaban J connectivity index is 2.10. The van der Waals surface area contributed by atoms with Crippen molar-refractivity contribution in [2.45, 2.75) is 25.7 Å². The first-order valence-corrected chi connectivity index (χ1v) is 9.62. The normalized spacial score (nSPS) is 10.4. The highest BCUT2D eigenvalue weighted by Gasteiger charge is 2.15. The maximum absolute atomic E-state index is 12.4. The summed E-state index contributed by atoms with van der Waals surface area (Å²) in [6, 6.07) is 9.55. The van der Waals surface area contributed by atoms with Gasteiger partial charge < -0.3 is 10.6 Å². The summed E-state index contributed by atoms with van der Waals surface area (Å²) >= 11 is 5.00. The summed E-state index contributed by atoms with van der Waals surface area (Å²) in [5.41, 5.74) is 4.11. The highest BCUT2D eigenvalue weighted by molar-refractivity contribution is 9.10. The van der Waals surface area contributed by atoms with Crippen LogP contribution in [0.1, 0.15) is 27.0 Å². The fourth-order valence-corrected chi connectivity index (χ4v) is 3.80. The Morgan fingerprint density at radius 2 is 1.80 bits per heavy atom. The van der Waals surface area contributed by atoms with Crippen LogP contribution in [0.2, 0.25) is 0 Å². The number of thioether (sulfide) groups is 1. The van der Waals surface area contributed by atoms with Crippen LogP contribution in [0.4, 0.5) is 5.69 Å². The number of carbonyl (C=O) groups is 2. The molecule has 2 amide bonds. The number of hydrogen-bond acceptors (Lipinski definition) is 3. The molecule has 2 aromatic carbocycles. The van der Waals surface area contributed by atoms with Crippen LogP contribution in [-0.4, -0.2) is 24.6 Å². The minimum Gasteiger partial charge on any atom is -0.355 e. The largest absolute Gasteiger partial charge is 0.355 e. The molecule has 0 aliphatic rings. The summed E-state index contributed by atoms with van der Waals surface area (Å²) in [6.07, 6.45) is 0. The minimum atomic E-state index is -0.208. The van der Waals surface area contributed by atoms with E-state index in [0.717, 1.165) is 26.1 Å². The summed E-state index contributed by atoms with van der Waals surface area (Å²) in [4.78, 5) is 25.5. The second-order valence-electron chi connectivity index (χ2n) is 5.78. The van der Waals surface area contributed by atoms with E-state index in [4.69, 9.17) is 0 Å². The van der Waals surface area contributed by atoms with Crippen molar-refractivity contribution in [1.82, 2.24) is 5.32 Å². The fourth-order valence-electron chi connectivity index (χ4n) is 2.44. The van der Waals surface area contributed by atoms with Crippen LogP contribution in [0.25, 0.3) is 0 Å². The van der Waals surface area contributed by atoms with Crippen molar-refractivity contribution in [2.75, 3.05) is 18.1 Å². The number of rotatable bonds is 5. The number of hydrogen-bond donors (Lipinski definition) is 2. The van der Waals surface area contributed by atoms with Crippen molar-refractivity contribution in [3.05, 3.63) is 57.1 Å². The summed E-state index contributed by atoms with van der Waals surface area (Å²) in [6.45, 7) is 5.90. The van der Waals surface area contributed by atoms with Crippen LogP contribution in [-0.2, 0) is 4.79 Å². The molecule has 4 nitrogen and oxygen atoms in total. The molecule has 2 N–H and O–H groups in total. The van der Waals surface area contributed by atoms with Crippen molar-refractivity contribution in [1.29, 1.82) is 0 Å². The van der Waals surface area contributed by atoms with Crippen molar-refractivity contribution >= 4 is 45.2 Å². The van der Waals surface area contributed by atoms with Crippen molar-refractivity contribution < 1.29 is 9.59 Å². The lowest BCUT2D eigenvalue weighted by molar-refractivity contribution is -0.113. The van der Waals surface area contributed by atoms with Gasteiger partial charge in [-0.15, -0.1) is 11.8 Å². The summed E-state index contributed by atoms with van der Waals surface area (Å²) < 4.78 is 1.06. The van der Waals surface area contributed by atoms with Gasteiger partial charge in [-0.25, -0.2) is 0 Å². The van der Waals surface area contributed by atoms with E-state index in [1.54, 1.807) is 13.1 Å². The zero-order valence-electron chi connectivity index (χ0n) is 14.7. The Morgan fingerprint density at radius 3 is 2.48 bits per heavy atom. The second-order valence-corrected chi connectivity index (χ2v) is 7.65. The molecule has 0 aromatic heterocycles. The first-order chi connectivity index (χ1) is 11.8. The highest BCUT2D eigenvalue weighted by Crippen LogP contribution is 2.28. The van der Waals surface area contributed by atoms with E-state index in [-0.39, 0.29) is 17.6 Å². The zero-order valence-corrected chi connectivity index (χ0v) is 17.1. The predicted molar refractivity (Wildman–Crippen MR) is 108 cm³/mol. The van der Waals surface area contributed by atoms with Crippen molar-refractivity contribution in [2.24, 2.45) is 0 Å². The standard InChI is InChI=1S/C19H21BrN2O2S/c1-11-6-5-7-15(18(11)19(24)21-4)22-17(23)10-25-16-9-12(2)14(20)8-13(16)3/h5-9H,10H2,1-4H3,(H,21,24)(H,22,23). The Hall–Kier alpha value is -1.79. The topological polar surface area (TPSA) is 58.2 Å². The Bertz CT molecular complexity index is 821. The maximum atomic E-state index is 12.4. The van der Waals surface area contributed by atoms with Crippen molar-refractivity contribution in [3.8, 4) is 0 Å². The summed E-state index contributed by atoms with van der Waals surface area (Å²) in [7, 11) is 1.58. The predicted octanol–water partition coefficient (Wildman–Crippen LogP) is 4.46. The van der Waals surface area contributed by atoms with E-state index >= 15 is 0 Å². The maximum Gasteiger partial charge on any atom is 0.253 e. The molecular formula is C19H21BrN2O2S. The number of benzene rings is 2. The molecule has 132 valence electrons. The van der Waals surface area contributed by atoms with Crippen LogP contribution < -0.4 is 10.6 Å². The number of amides is 2. The van der Waals surface area contributed by atoms with Gasteiger partial charge in [0.05, 0.1) is 17.0 Å². The van der Waals surface area contributed by atoms with E-state index in [0.29, 0.717) is 11.3 Å². The number of carbonyl (C=O) groups excluding carboxylic acids is 2. The Morgan fingerprint density at radius 1 is 1.08 bits per heavy atom. The van der Waals surface area contributed by atoms with Gasteiger partial charge in [0.2, 0.25) is 5.91 Å². The molecule has 6 heteroatoms. The van der Waals surface area contributed by atoms with Crippen molar-refractivity contribution in [3.63, 3.8) is 0 Å². The Labute approximate surface area is 160 Å². The quantitative estimate of drug-likeness (QED) is 0.701. The molecule has 2 aromatic rings. The average molecular weight is 421 g/mol. The third-order valence-electron chi connectivity index (χ3n) is 3.82. The molecule has 2 rings (SSSR count). The SMILES string of the molecule is CNC(=O)c1c(C)cccc1NC(=O)CSc1cc(C)c(Br)cc1C. The van der Waals surface area contributed by atoms with E-state index in [1.807, 2.05) is 32.9 Å². The van der Waals surface area contributed by atoms with Gasteiger partial charge >= 0.3 is 0 Å². The molecule has 0 spiro atoms. The monoisotopic (exact) mass is 420 g/mol. The molecular weight excluding hydrogens is 400 g/mol. The van der Waals surface area contributed by atoms with Crippen LogP contribution >= 0.6 is 27.7 Å². The number of aryl methyl sites for hydroxylation is 3. The lowest BCUT2D eigenvalue weighted by Gasteiger charge is -2.13. The molecule has 0 bridgehead atoms. The first kappa shape index (κ1) is 19.5. The molecule has 0 saturated heterocycles. The van der Waals surface area contributed by atoms with E-state index in [2.05, 4.69) is 38.7 Å². The molecule has 0 aliphatic carbocycles. The zero-order chi connectivity index (χ0) is 18.6. The van der Waals surface area contributed by atoms with Gasteiger partial charge in [0, 0.05) is 16.4 Å². The number of halogens is 1. The van der Waals surface area contributed by atoms with Gasteiger partial charge in [-0.2, -0.15) is 0 Å². The third-order valence-corrected chi connectivity index (χ3v) is 5.83. The molecule has 0 unspecified atom stereocenters. The van der Waals surface area contributed by atoms with E-state index < -0.39 is 0 Å². The minimum absolute atomic E-state index is 0.138.